The van der Waals surface area contributed by atoms with Crippen LogP contribution < -0.4 is 0 Å². The van der Waals surface area contributed by atoms with Gasteiger partial charge >= 0.3 is 0 Å². The quantitative estimate of drug-likeness (QED) is 0.340. The van der Waals surface area contributed by atoms with Gasteiger partial charge in [-0.15, -0.1) is 6.58 Å². The summed E-state index contributed by atoms with van der Waals surface area (Å²) in [6, 6.07) is 0. The molecule has 2 aliphatic carbocycles. The van der Waals surface area contributed by atoms with E-state index >= 15 is 0 Å². The van der Waals surface area contributed by atoms with Crippen molar-refractivity contribution in [1.82, 2.24) is 0 Å². The lowest BCUT2D eigenvalue weighted by atomic mass is 9.69. The van der Waals surface area contributed by atoms with Crippen molar-refractivity contribution in [2.75, 3.05) is 26.4 Å². The Morgan fingerprint density at radius 1 is 0.792 bits per heavy atom. The Balaban J connectivity index is 1.54. The summed E-state index contributed by atoms with van der Waals surface area (Å²) < 4.78 is 11.5. The third kappa shape index (κ3) is 7.27. The summed E-state index contributed by atoms with van der Waals surface area (Å²) in [5, 5.41) is 0. The van der Waals surface area contributed by atoms with Crippen LogP contribution in [0.2, 0.25) is 0 Å². The van der Waals surface area contributed by atoms with Gasteiger partial charge in [0.05, 0.1) is 6.61 Å². The molecule has 2 rings (SSSR count). The van der Waals surface area contributed by atoms with Gasteiger partial charge in [-0.2, -0.15) is 0 Å². The highest BCUT2D eigenvalue weighted by molar-refractivity contribution is 4.82. The maximum Gasteiger partial charge on any atom is 0.0644 e. The molecule has 2 nitrogen and oxygen atoms in total. The molecule has 0 radical (unpaired) electrons. The number of rotatable bonds is 11. The molecule has 24 heavy (non-hydrogen) atoms. The van der Waals surface area contributed by atoms with Crippen molar-refractivity contribution >= 4 is 0 Å². The first kappa shape index (κ1) is 20.0. The topological polar surface area (TPSA) is 18.5 Å². The zero-order valence-corrected chi connectivity index (χ0v) is 16.0. The Labute approximate surface area is 150 Å². The van der Waals surface area contributed by atoms with Crippen LogP contribution in [0.5, 0.6) is 0 Å². The molecular formula is C22H40O2. The second kappa shape index (κ2) is 12.1. The molecule has 0 aliphatic heterocycles. The third-order valence-corrected chi connectivity index (χ3v) is 6.28. The predicted molar refractivity (Wildman–Crippen MR) is 102 cm³/mol. The monoisotopic (exact) mass is 336 g/mol. The molecule has 2 aliphatic rings. The molecule has 140 valence electrons. The molecule has 2 heteroatoms. The van der Waals surface area contributed by atoms with E-state index in [-0.39, 0.29) is 0 Å². The van der Waals surface area contributed by atoms with E-state index in [0.29, 0.717) is 6.61 Å². The maximum absolute atomic E-state index is 5.90. The largest absolute Gasteiger partial charge is 0.381 e. The highest BCUT2D eigenvalue weighted by Crippen LogP contribution is 2.41. The first-order valence-electron chi connectivity index (χ1n) is 10.6. The van der Waals surface area contributed by atoms with Gasteiger partial charge in [-0.1, -0.05) is 25.8 Å². The van der Waals surface area contributed by atoms with E-state index in [0.717, 1.165) is 43.5 Å². The molecule has 0 aromatic heterocycles. The van der Waals surface area contributed by atoms with Crippen molar-refractivity contribution in [1.29, 1.82) is 0 Å². The Hall–Kier alpha value is -0.340. The number of ether oxygens (including phenoxy) is 2. The minimum absolute atomic E-state index is 0.713. The predicted octanol–water partition coefficient (Wildman–Crippen LogP) is 6.01. The van der Waals surface area contributed by atoms with Crippen molar-refractivity contribution in [2.24, 2.45) is 23.7 Å². The van der Waals surface area contributed by atoms with Crippen LogP contribution in [0.3, 0.4) is 0 Å². The molecule has 0 bridgehead atoms. The summed E-state index contributed by atoms with van der Waals surface area (Å²) in [5.41, 5.74) is 0. The highest BCUT2D eigenvalue weighted by atomic mass is 16.5. The molecule has 2 fully saturated rings. The first-order valence-corrected chi connectivity index (χ1v) is 10.6. The van der Waals surface area contributed by atoms with Crippen LogP contribution >= 0.6 is 0 Å². The summed E-state index contributed by atoms with van der Waals surface area (Å²) in [6.45, 7) is 9.63. The Morgan fingerprint density at radius 3 is 1.83 bits per heavy atom. The molecule has 0 unspecified atom stereocenters. The van der Waals surface area contributed by atoms with Crippen LogP contribution in [0.1, 0.15) is 77.6 Å². The van der Waals surface area contributed by atoms with Crippen molar-refractivity contribution in [3.63, 3.8) is 0 Å². The Kier molecular flexibility index (Phi) is 10.1. The van der Waals surface area contributed by atoms with Crippen LogP contribution in [0.15, 0.2) is 12.7 Å². The van der Waals surface area contributed by atoms with Crippen molar-refractivity contribution in [3.8, 4) is 0 Å². The molecule has 0 atom stereocenters. The summed E-state index contributed by atoms with van der Waals surface area (Å²) in [5.74, 6) is 3.63. The van der Waals surface area contributed by atoms with Gasteiger partial charge in [-0.05, 0) is 81.5 Å². The SMILES string of the molecule is C=CCOC[C@H]1CC[C@H]([C@H]2CC[C@H](COCCCCC)CC2)CC1. The second-order valence-corrected chi connectivity index (χ2v) is 8.17. The lowest BCUT2D eigenvalue weighted by Crippen LogP contribution is -2.28. The zero-order valence-electron chi connectivity index (χ0n) is 16.0. The van der Waals surface area contributed by atoms with Gasteiger partial charge in [0, 0.05) is 19.8 Å². The fourth-order valence-corrected chi connectivity index (χ4v) is 4.67. The molecule has 0 N–H and O–H groups in total. The van der Waals surface area contributed by atoms with Gasteiger partial charge < -0.3 is 9.47 Å². The normalized spacial score (nSPS) is 31.0. The zero-order chi connectivity index (χ0) is 17.0. The summed E-state index contributed by atoms with van der Waals surface area (Å²) in [4.78, 5) is 0. The summed E-state index contributed by atoms with van der Waals surface area (Å²) >= 11 is 0. The second-order valence-electron chi connectivity index (χ2n) is 8.17. The van der Waals surface area contributed by atoms with Gasteiger partial charge in [0.25, 0.3) is 0 Å². The Bertz CT molecular complexity index is 312. The van der Waals surface area contributed by atoms with Crippen LogP contribution in [-0.2, 0) is 9.47 Å². The fraction of sp³-hybridized carbons (Fsp3) is 0.909. The average molecular weight is 337 g/mol. The van der Waals surface area contributed by atoms with Gasteiger partial charge in [-0.3, -0.25) is 0 Å². The van der Waals surface area contributed by atoms with E-state index in [1.807, 2.05) is 6.08 Å². The third-order valence-electron chi connectivity index (χ3n) is 6.28. The lowest BCUT2D eigenvalue weighted by Gasteiger charge is -2.37. The average Bonchev–Trinajstić information content (AvgIpc) is 2.63. The van der Waals surface area contributed by atoms with E-state index in [2.05, 4.69) is 13.5 Å². The lowest BCUT2D eigenvalue weighted by molar-refractivity contribution is 0.0546. The molecule has 0 aromatic carbocycles. The van der Waals surface area contributed by atoms with Gasteiger partial charge in [0.15, 0.2) is 0 Å². The number of hydrogen-bond donors (Lipinski definition) is 0. The van der Waals surface area contributed by atoms with Crippen LogP contribution in [-0.4, -0.2) is 26.4 Å². The minimum atomic E-state index is 0.713. The van der Waals surface area contributed by atoms with Gasteiger partial charge in [-0.25, -0.2) is 0 Å². The molecule has 2 saturated carbocycles. The smallest absolute Gasteiger partial charge is 0.0644 e. The molecule has 0 heterocycles. The standard InChI is InChI=1S/C22H40O2/c1-3-5-6-16-24-18-20-9-13-22(14-10-20)21-11-7-19(8-12-21)17-23-15-4-2/h4,19-22H,2-3,5-18H2,1H3/t19-,20-,21-,22-. The first-order chi connectivity index (χ1) is 11.8. The van der Waals surface area contributed by atoms with Crippen LogP contribution in [0, 0.1) is 23.7 Å². The van der Waals surface area contributed by atoms with Crippen molar-refractivity contribution < 1.29 is 9.47 Å². The van der Waals surface area contributed by atoms with E-state index in [9.17, 15) is 0 Å². The Morgan fingerprint density at radius 2 is 1.33 bits per heavy atom. The number of hydrogen-bond acceptors (Lipinski definition) is 2. The van der Waals surface area contributed by atoms with Gasteiger partial charge in [0.1, 0.15) is 0 Å². The van der Waals surface area contributed by atoms with E-state index in [1.54, 1.807) is 0 Å². The highest BCUT2D eigenvalue weighted by Gasteiger charge is 2.30. The van der Waals surface area contributed by atoms with E-state index < -0.39 is 0 Å². The minimum Gasteiger partial charge on any atom is -0.381 e. The van der Waals surface area contributed by atoms with Crippen LogP contribution in [0.25, 0.3) is 0 Å². The molecule has 0 spiro atoms. The van der Waals surface area contributed by atoms with E-state index in [1.165, 1.54) is 70.6 Å². The fourth-order valence-electron chi connectivity index (χ4n) is 4.67. The number of unbranched alkanes of at least 4 members (excludes halogenated alkanes) is 2. The molecule has 0 saturated heterocycles. The summed E-state index contributed by atoms with van der Waals surface area (Å²) in [7, 11) is 0. The molecular weight excluding hydrogens is 296 g/mol. The van der Waals surface area contributed by atoms with E-state index in [4.69, 9.17) is 9.47 Å². The van der Waals surface area contributed by atoms with Crippen molar-refractivity contribution in [3.05, 3.63) is 12.7 Å². The van der Waals surface area contributed by atoms with Crippen LogP contribution in [0.4, 0.5) is 0 Å². The molecule has 0 amide bonds. The summed E-state index contributed by atoms with van der Waals surface area (Å²) in [6.07, 6.45) is 17.0. The van der Waals surface area contributed by atoms with Gasteiger partial charge in [0.2, 0.25) is 0 Å². The molecule has 0 aromatic rings. The maximum atomic E-state index is 5.90. The van der Waals surface area contributed by atoms with Crippen molar-refractivity contribution in [2.45, 2.75) is 77.6 Å².